The molecule has 0 aromatic heterocycles. The van der Waals surface area contributed by atoms with Gasteiger partial charge in [-0.3, -0.25) is 4.21 Å². The fourth-order valence-electron chi connectivity index (χ4n) is 1.54. The third-order valence-electron chi connectivity index (χ3n) is 2.52. The van der Waals surface area contributed by atoms with E-state index >= 15 is 0 Å². The van der Waals surface area contributed by atoms with E-state index in [1.807, 2.05) is 6.92 Å². The predicted octanol–water partition coefficient (Wildman–Crippen LogP) is 0.179. The average molecular weight is 239 g/mol. The fourth-order valence-corrected chi connectivity index (χ4v) is 4.22. The van der Waals surface area contributed by atoms with Crippen molar-refractivity contribution in [1.82, 2.24) is 4.31 Å². The SMILES string of the molecule is CCS(=O)(=O)N1CCS(=O)CCC1C. The summed E-state index contributed by atoms with van der Waals surface area (Å²) in [6.07, 6.45) is 0.700. The summed E-state index contributed by atoms with van der Waals surface area (Å²) in [5, 5.41) is 0. The third kappa shape index (κ3) is 2.77. The highest BCUT2D eigenvalue weighted by Crippen LogP contribution is 2.14. The first-order valence-corrected chi connectivity index (χ1v) is 7.91. The van der Waals surface area contributed by atoms with E-state index in [1.165, 1.54) is 4.31 Å². The molecule has 0 aromatic rings. The summed E-state index contributed by atoms with van der Waals surface area (Å²) in [5.41, 5.74) is 0. The number of sulfonamides is 1. The largest absolute Gasteiger partial charge is 0.260 e. The van der Waals surface area contributed by atoms with Crippen molar-refractivity contribution in [3.63, 3.8) is 0 Å². The van der Waals surface area contributed by atoms with E-state index in [0.29, 0.717) is 24.5 Å². The summed E-state index contributed by atoms with van der Waals surface area (Å²) < 4.78 is 36.1. The summed E-state index contributed by atoms with van der Waals surface area (Å²) in [5.74, 6) is 1.23. The lowest BCUT2D eigenvalue weighted by atomic mass is 10.3. The van der Waals surface area contributed by atoms with Crippen molar-refractivity contribution in [1.29, 1.82) is 0 Å². The second-order valence-electron chi connectivity index (χ2n) is 3.50. The minimum atomic E-state index is -3.12. The molecule has 0 aliphatic carbocycles. The fraction of sp³-hybridized carbons (Fsp3) is 1.00. The van der Waals surface area contributed by atoms with E-state index in [2.05, 4.69) is 0 Å². The molecule has 0 saturated carbocycles. The molecule has 1 heterocycles. The van der Waals surface area contributed by atoms with Crippen molar-refractivity contribution in [3.8, 4) is 0 Å². The Balaban J connectivity index is 2.82. The van der Waals surface area contributed by atoms with Crippen molar-refractivity contribution in [2.45, 2.75) is 26.3 Å². The van der Waals surface area contributed by atoms with Gasteiger partial charge in [0.15, 0.2) is 0 Å². The number of hydrogen-bond donors (Lipinski definition) is 0. The molecule has 1 aliphatic rings. The summed E-state index contributed by atoms with van der Waals surface area (Å²) in [4.78, 5) is 0. The molecule has 84 valence electrons. The second kappa shape index (κ2) is 4.72. The number of rotatable bonds is 2. The van der Waals surface area contributed by atoms with Crippen LogP contribution in [0.5, 0.6) is 0 Å². The maximum atomic E-state index is 11.7. The van der Waals surface area contributed by atoms with Gasteiger partial charge >= 0.3 is 0 Å². The zero-order valence-electron chi connectivity index (χ0n) is 8.60. The molecule has 1 aliphatic heterocycles. The van der Waals surface area contributed by atoms with Crippen molar-refractivity contribution < 1.29 is 12.6 Å². The smallest absolute Gasteiger partial charge is 0.214 e. The standard InChI is InChI=1S/C8H17NO3S2/c1-3-14(11,12)9-5-7-13(10)6-4-8(9)2/h8H,3-7H2,1-2H3. The van der Waals surface area contributed by atoms with Crippen LogP contribution in [0.3, 0.4) is 0 Å². The Morgan fingerprint density at radius 1 is 1.43 bits per heavy atom. The first-order chi connectivity index (χ1) is 6.47. The van der Waals surface area contributed by atoms with Crippen molar-refractivity contribution >= 4 is 20.8 Å². The van der Waals surface area contributed by atoms with Gasteiger partial charge in [0.05, 0.1) is 5.75 Å². The summed E-state index contributed by atoms with van der Waals surface area (Å²) in [6, 6.07) is -0.00796. The zero-order chi connectivity index (χ0) is 10.8. The molecule has 1 rings (SSSR count). The van der Waals surface area contributed by atoms with Crippen molar-refractivity contribution in [2.75, 3.05) is 23.8 Å². The van der Waals surface area contributed by atoms with E-state index < -0.39 is 20.8 Å². The highest BCUT2D eigenvalue weighted by molar-refractivity contribution is 7.89. The molecule has 0 amide bonds. The Kier molecular flexibility index (Phi) is 4.09. The molecule has 14 heavy (non-hydrogen) atoms. The molecule has 1 fully saturated rings. The van der Waals surface area contributed by atoms with Crippen LogP contribution in [-0.4, -0.2) is 46.8 Å². The lowest BCUT2D eigenvalue weighted by Crippen LogP contribution is -2.40. The van der Waals surface area contributed by atoms with Gasteiger partial charge < -0.3 is 0 Å². The second-order valence-corrected chi connectivity index (χ2v) is 7.40. The van der Waals surface area contributed by atoms with E-state index in [-0.39, 0.29) is 11.8 Å². The van der Waals surface area contributed by atoms with Gasteiger partial charge in [0.25, 0.3) is 0 Å². The molecule has 0 spiro atoms. The molecule has 0 bridgehead atoms. The van der Waals surface area contributed by atoms with E-state index in [0.717, 1.165) is 0 Å². The van der Waals surface area contributed by atoms with Gasteiger partial charge in [-0.1, -0.05) is 0 Å². The highest BCUT2D eigenvalue weighted by atomic mass is 32.2. The molecule has 2 unspecified atom stereocenters. The zero-order valence-corrected chi connectivity index (χ0v) is 10.2. The summed E-state index contributed by atoms with van der Waals surface area (Å²) in [7, 11) is -3.96. The minimum absolute atomic E-state index is 0.00796. The van der Waals surface area contributed by atoms with Gasteiger partial charge in [-0.2, -0.15) is 4.31 Å². The first-order valence-electron chi connectivity index (χ1n) is 4.82. The Hall–Kier alpha value is 0.0600. The predicted molar refractivity (Wildman–Crippen MR) is 58.1 cm³/mol. The van der Waals surface area contributed by atoms with Gasteiger partial charge in [-0.15, -0.1) is 0 Å². The van der Waals surface area contributed by atoms with Crippen LogP contribution in [0.1, 0.15) is 20.3 Å². The monoisotopic (exact) mass is 239 g/mol. The summed E-state index contributed by atoms with van der Waals surface area (Å²) >= 11 is 0. The lowest BCUT2D eigenvalue weighted by molar-refractivity contribution is 0.351. The molecular formula is C8H17NO3S2. The molecular weight excluding hydrogens is 222 g/mol. The summed E-state index contributed by atoms with van der Waals surface area (Å²) in [6.45, 7) is 3.93. The molecule has 2 atom stereocenters. The molecule has 0 aromatic carbocycles. The van der Waals surface area contributed by atoms with Gasteiger partial charge in [-0.05, 0) is 20.3 Å². The highest BCUT2D eigenvalue weighted by Gasteiger charge is 2.28. The van der Waals surface area contributed by atoms with Gasteiger partial charge in [0.1, 0.15) is 0 Å². The maximum absolute atomic E-state index is 11.7. The Morgan fingerprint density at radius 2 is 2.07 bits per heavy atom. The Labute approximate surface area is 88.2 Å². The van der Waals surface area contributed by atoms with E-state index in [4.69, 9.17) is 0 Å². The third-order valence-corrected chi connectivity index (χ3v) is 5.83. The quantitative estimate of drug-likeness (QED) is 0.691. The number of nitrogens with zero attached hydrogens (tertiary/aromatic N) is 1. The lowest BCUT2D eigenvalue weighted by Gasteiger charge is -2.24. The Bertz CT molecular complexity index is 313. The molecule has 6 heteroatoms. The van der Waals surface area contributed by atoms with Gasteiger partial charge in [0, 0.05) is 34.9 Å². The molecule has 0 N–H and O–H groups in total. The maximum Gasteiger partial charge on any atom is 0.214 e. The van der Waals surface area contributed by atoms with Crippen LogP contribution in [0.4, 0.5) is 0 Å². The first kappa shape index (κ1) is 12.1. The van der Waals surface area contributed by atoms with E-state index in [9.17, 15) is 12.6 Å². The van der Waals surface area contributed by atoms with E-state index in [1.54, 1.807) is 6.92 Å². The van der Waals surface area contributed by atoms with Crippen LogP contribution in [0, 0.1) is 0 Å². The van der Waals surface area contributed by atoms with Crippen LogP contribution in [0.15, 0.2) is 0 Å². The van der Waals surface area contributed by atoms with Crippen LogP contribution < -0.4 is 0 Å². The van der Waals surface area contributed by atoms with Crippen molar-refractivity contribution in [3.05, 3.63) is 0 Å². The molecule has 4 nitrogen and oxygen atoms in total. The Morgan fingerprint density at radius 3 is 2.64 bits per heavy atom. The molecule has 0 radical (unpaired) electrons. The van der Waals surface area contributed by atoms with Crippen LogP contribution in [0.25, 0.3) is 0 Å². The van der Waals surface area contributed by atoms with Crippen LogP contribution in [0.2, 0.25) is 0 Å². The van der Waals surface area contributed by atoms with Gasteiger partial charge in [0.2, 0.25) is 10.0 Å². The van der Waals surface area contributed by atoms with Gasteiger partial charge in [-0.25, -0.2) is 8.42 Å². The minimum Gasteiger partial charge on any atom is -0.260 e. The topological polar surface area (TPSA) is 54.5 Å². The van der Waals surface area contributed by atoms with Crippen molar-refractivity contribution in [2.24, 2.45) is 0 Å². The normalized spacial score (nSPS) is 31.3. The van der Waals surface area contributed by atoms with Crippen LogP contribution >= 0.6 is 0 Å². The molecule has 1 saturated heterocycles. The average Bonchev–Trinajstić information content (AvgIpc) is 2.29. The van der Waals surface area contributed by atoms with Crippen LogP contribution in [-0.2, 0) is 20.8 Å². The number of hydrogen-bond acceptors (Lipinski definition) is 3.